The van der Waals surface area contributed by atoms with Gasteiger partial charge in [-0.05, 0) is 73.2 Å². The van der Waals surface area contributed by atoms with Crippen LogP contribution in [0.2, 0.25) is 0 Å². The molecule has 1 heterocycles. The van der Waals surface area contributed by atoms with Crippen LogP contribution in [-0.4, -0.2) is 55.5 Å². The predicted molar refractivity (Wildman–Crippen MR) is 118 cm³/mol. The number of Topliss-reactive ketones (excluding diaryl/α,β-unsaturated/α-hetero) is 1. The van der Waals surface area contributed by atoms with Crippen molar-refractivity contribution in [2.75, 3.05) is 26.2 Å². The molecule has 0 aromatic heterocycles. The van der Waals surface area contributed by atoms with Crippen LogP contribution in [0.25, 0.3) is 0 Å². The highest BCUT2D eigenvalue weighted by molar-refractivity contribution is 7.89. The van der Waals surface area contributed by atoms with Crippen LogP contribution in [0, 0.1) is 5.82 Å². The van der Waals surface area contributed by atoms with E-state index in [-0.39, 0.29) is 37.6 Å². The van der Waals surface area contributed by atoms with Crippen molar-refractivity contribution in [1.29, 1.82) is 0 Å². The van der Waals surface area contributed by atoms with Crippen LogP contribution >= 0.6 is 0 Å². The third kappa shape index (κ3) is 4.91. The number of rotatable bonds is 6. The van der Waals surface area contributed by atoms with Crippen LogP contribution in [0.15, 0.2) is 47.4 Å². The van der Waals surface area contributed by atoms with Crippen LogP contribution in [0.1, 0.15) is 47.2 Å². The SMILES string of the molecule is O=C(CCC(=O)N1CCN(S(=O)(=O)c2ccc3c(c2)CCCC3)CC1)c1ccc(F)cc1. The molecular formula is C24H27FN2O4S. The molecule has 1 aliphatic heterocycles. The lowest BCUT2D eigenvalue weighted by atomic mass is 9.92. The van der Waals surface area contributed by atoms with E-state index in [1.807, 2.05) is 12.1 Å². The number of aryl methyl sites for hydroxylation is 2. The molecule has 0 unspecified atom stereocenters. The van der Waals surface area contributed by atoms with Crippen molar-refractivity contribution >= 4 is 21.7 Å². The lowest BCUT2D eigenvalue weighted by molar-refractivity contribution is -0.132. The fourth-order valence-corrected chi connectivity index (χ4v) is 5.83. The average Bonchev–Trinajstić information content (AvgIpc) is 2.82. The number of sulfonamides is 1. The number of nitrogens with zero attached hydrogens (tertiary/aromatic N) is 2. The topological polar surface area (TPSA) is 74.8 Å². The third-order valence-electron chi connectivity index (χ3n) is 6.28. The number of halogens is 1. The number of amides is 1. The molecule has 0 N–H and O–H groups in total. The van der Waals surface area contributed by atoms with E-state index < -0.39 is 15.8 Å². The van der Waals surface area contributed by atoms with E-state index in [4.69, 9.17) is 0 Å². The minimum atomic E-state index is -3.60. The second-order valence-electron chi connectivity index (χ2n) is 8.35. The lowest BCUT2D eigenvalue weighted by Gasteiger charge is -2.34. The Balaban J connectivity index is 1.31. The van der Waals surface area contributed by atoms with Crippen LogP contribution < -0.4 is 0 Å². The highest BCUT2D eigenvalue weighted by atomic mass is 32.2. The van der Waals surface area contributed by atoms with Crippen LogP contribution in [0.5, 0.6) is 0 Å². The second-order valence-corrected chi connectivity index (χ2v) is 10.3. The van der Waals surface area contributed by atoms with Crippen molar-refractivity contribution in [3.8, 4) is 0 Å². The monoisotopic (exact) mass is 458 g/mol. The van der Waals surface area contributed by atoms with E-state index in [0.29, 0.717) is 23.5 Å². The van der Waals surface area contributed by atoms with Gasteiger partial charge in [0.15, 0.2) is 5.78 Å². The molecule has 2 aromatic rings. The van der Waals surface area contributed by atoms with E-state index in [1.165, 1.54) is 34.1 Å². The summed E-state index contributed by atoms with van der Waals surface area (Å²) in [5.41, 5.74) is 2.73. The van der Waals surface area contributed by atoms with E-state index in [9.17, 15) is 22.4 Å². The van der Waals surface area contributed by atoms with Gasteiger partial charge in [-0.15, -0.1) is 0 Å². The standard InChI is InChI=1S/C24H27FN2O4S/c25-21-8-5-19(6-9-21)23(28)11-12-24(29)26-13-15-27(16-14-26)32(30,31)22-10-7-18-3-1-2-4-20(18)17-22/h5-10,17H,1-4,11-16H2. The van der Waals surface area contributed by atoms with Gasteiger partial charge in [-0.3, -0.25) is 9.59 Å². The normalized spacial score (nSPS) is 17.1. The van der Waals surface area contributed by atoms with Gasteiger partial charge < -0.3 is 4.90 Å². The summed E-state index contributed by atoms with van der Waals surface area (Å²) in [6.07, 6.45) is 4.23. The summed E-state index contributed by atoms with van der Waals surface area (Å²) in [5.74, 6) is -0.806. The molecule has 4 rings (SSSR count). The van der Waals surface area contributed by atoms with Gasteiger partial charge in [-0.2, -0.15) is 4.31 Å². The van der Waals surface area contributed by atoms with Crippen LogP contribution in [0.4, 0.5) is 4.39 Å². The zero-order chi connectivity index (χ0) is 22.7. The number of carbonyl (C=O) groups is 2. The van der Waals surface area contributed by atoms with Crippen molar-refractivity contribution in [2.24, 2.45) is 0 Å². The molecule has 1 fully saturated rings. The van der Waals surface area contributed by atoms with Gasteiger partial charge in [0.05, 0.1) is 4.90 Å². The van der Waals surface area contributed by atoms with Gasteiger partial charge >= 0.3 is 0 Å². The minimum Gasteiger partial charge on any atom is -0.340 e. The summed E-state index contributed by atoms with van der Waals surface area (Å²) < 4.78 is 40.6. The summed E-state index contributed by atoms with van der Waals surface area (Å²) in [4.78, 5) is 26.7. The summed E-state index contributed by atoms with van der Waals surface area (Å²) in [6, 6.07) is 10.7. The number of benzene rings is 2. The van der Waals surface area contributed by atoms with Gasteiger partial charge in [0.1, 0.15) is 5.82 Å². The third-order valence-corrected chi connectivity index (χ3v) is 8.18. The summed E-state index contributed by atoms with van der Waals surface area (Å²) in [5, 5.41) is 0. The summed E-state index contributed by atoms with van der Waals surface area (Å²) >= 11 is 0. The Kier molecular flexibility index (Phi) is 6.71. The zero-order valence-electron chi connectivity index (χ0n) is 17.9. The van der Waals surface area contributed by atoms with Crippen molar-refractivity contribution in [1.82, 2.24) is 9.21 Å². The number of hydrogen-bond donors (Lipinski definition) is 0. The number of hydrogen-bond acceptors (Lipinski definition) is 4. The first-order chi connectivity index (χ1) is 15.3. The fourth-order valence-electron chi connectivity index (χ4n) is 4.36. The Labute approximate surface area is 188 Å². The molecular weight excluding hydrogens is 431 g/mol. The quantitative estimate of drug-likeness (QED) is 0.623. The van der Waals surface area contributed by atoms with Crippen LogP contribution in [-0.2, 0) is 27.7 Å². The number of fused-ring (bicyclic) bond motifs is 1. The van der Waals surface area contributed by atoms with Gasteiger partial charge in [0.25, 0.3) is 0 Å². The van der Waals surface area contributed by atoms with Gasteiger partial charge in [-0.25, -0.2) is 12.8 Å². The summed E-state index contributed by atoms with van der Waals surface area (Å²) in [7, 11) is -3.60. The van der Waals surface area contributed by atoms with E-state index in [0.717, 1.165) is 31.2 Å². The molecule has 0 saturated carbocycles. The van der Waals surface area contributed by atoms with Crippen LogP contribution in [0.3, 0.4) is 0 Å². The molecule has 0 atom stereocenters. The zero-order valence-corrected chi connectivity index (χ0v) is 18.7. The molecule has 1 saturated heterocycles. The molecule has 1 aliphatic carbocycles. The number of piperazine rings is 1. The Hall–Kier alpha value is -2.58. The van der Waals surface area contributed by atoms with E-state index in [1.54, 1.807) is 11.0 Å². The van der Waals surface area contributed by atoms with E-state index >= 15 is 0 Å². The molecule has 8 heteroatoms. The summed E-state index contributed by atoms with van der Waals surface area (Å²) in [6.45, 7) is 1.07. The van der Waals surface area contributed by atoms with Crippen molar-refractivity contribution in [3.05, 3.63) is 65.0 Å². The van der Waals surface area contributed by atoms with Gasteiger partial charge in [-0.1, -0.05) is 6.07 Å². The molecule has 0 radical (unpaired) electrons. The Morgan fingerprint density at radius 3 is 2.19 bits per heavy atom. The van der Waals surface area contributed by atoms with Gasteiger partial charge in [0, 0.05) is 44.6 Å². The molecule has 2 aliphatic rings. The highest BCUT2D eigenvalue weighted by Crippen LogP contribution is 2.26. The Bertz CT molecular complexity index is 1110. The Morgan fingerprint density at radius 2 is 1.50 bits per heavy atom. The van der Waals surface area contributed by atoms with Crippen molar-refractivity contribution in [3.63, 3.8) is 0 Å². The van der Waals surface area contributed by atoms with Gasteiger partial charge in [0.2, 0.25) is 15.9 Å². The molecule has 1 amide bonds. The number of carbonyl (C=O) groups excluding carboxylic acids is 2. The maximum absolute atomic E-state index is 13.1. The molecule has 170 valence electrons. The maximum Gasteiger partial charge on any atom is 0.243 e. The Morgan fingerprint density at radius 1 is 0.844 bits per heavy atom. The van der Waals surface area contributed by atoms with Crippen molar-refractivity contribution in [2.45, 2.75) is 43.4 Å². The highest BCUT2D eigenvalue weighted by Gasteiger charge is 2.30. The number of ketones is 1. The molecule has 0 spiro atoms. The average molecular weight is 459 g/mol. The fraction of sp³-hybridized carbons (Fsp3) is 0.417. The smallest absolute Gasteiger partial charge is 0.243 e. The maximum atomic E-state index is 13.1. The predicted octanol–water partition coefficient (Wildman–Crippen LogP) is 3.20. The van der Waals surface area contributed by atoms with Crippen molar-refractivity contribution < 1.29 is 22.4 Å². The molecule has 32 heavy (non-hydrogen) atoms. The molecule has 2 aromatic carbocycles. The second kappa shape index (κ2) is 9.50. The van der Waals surface area contributed by atoms with E-state index in [2.05, 4.69) is 0 Å². The molecule has 6 nitrogen and oxygen atoms in total. The molecule has 0 bridgehead atoms. The first-order valence-corrected chi connectivity index (χ1v) is 12.5. The first kappa shape index (κ1) is 22.6. The largest absolute Gasteiger partial charge is 0.340 e. The lowest BCUT2D eigenvalue weighted by Crippen LogP contribution is -2.50. The minimum absolute atomic E-state index is 0.0398. The first-order valence-electron chi connectivity index (χ1n) is 11.0.